The van der Waals surface area contributed by atoms with Crippen LogP contribution in [0, 0.1) is 13.8 Å². The Morgan fingerprint density at radius 3 is 2.50 bits per heavy atom. The molecular weight excluding hydrogens is 268 g/mol. The Morgan fingerprint density at radius 2 is 1.80 bits per heavy atom. The van der Waals surface area contributed by atoms with Gasteiger partial charge in [-0.15, -0.1) is 11.3 Å². The molecule has 0 aliphatic heterocycles. The molecule has 0 spiro atoms. The summed E-state index contributed by atoms with van der Waals surface area (Å²) in [6, 6.07) is 10.5. The van der Waals surface area contributed by atoms with Crippen LogP contribution in [0.1, 0.15) is 10.4 Å². The lowest BCUT2D eigenvalue weighted by Crippen LogP contribution is -2.12. The summed E-state index contributed by atoms with van der Waals surface area (Å²) in [5, 5.41) is 1.05. The normalized spacial score (nSPS) is 10.9. The van der Waals surface area contributed by atoms with Gasteiger partial charge in [0.15, 0.2) is 0 Å². The van der Waals surface area contributed by atoms with E-state index in [4.69, 9.17) is 5.73 Å². The van der Waals surface area contributed by atoms with Crippen LogP contribution in [0.5, 0.6) is 0 Å². The van der Waals surface area contributed by atoms with E-state index in [0.717, 1.165) is 21.7 Å². The first-order valence-electron chi connectivity index (χ1n) is 6.38. The van der Waals surface area contributed by atoms with Crippen molar-refractivity contribution in [3.05, 3.63) is 40.8 Å². The van der Waals surface area contributed by atoms with Crippen LogP contribution in [-0.2, 0) is 0 Å². The summed E-state index contributed by atoms with van der Waals surface area (Å²) in [4.78, 5) is 12.9. The summed E-state index contributed by atoms with van der Waals surface area (Å²) in [5.74, 6) is 1.16. The second kappa shape index (κ2) is 4.76. The molecule has 2 aromatic heterocycles. The summed E-state index contributed by atoms with van der Waals surface area (Å²) < 4.78 is 0. The van der Waals surface area contributed by atoms with Gasteiger partial charge in [0.05, 0.1) is 5.39 Å². The molecule has 0 aliphatic carbocycles. The van der Waals surface area contributed by atoms with Gasteiger partial charge < -0.3 is 10.6 Å². The zero-order valence-electron chi connectivity index (χ0n) is 11.7. The Morgan fingerprint density at radius 1 is 1.10 bits per heavy atom. The van der Waals surface area contributed by atoms with Gasteiger partial charge in [-0.05, 0) is 32.0 Å². The number of rotatable bonds is 2. The maximum absolute atomic E-state index is 5.83. The number of nitrogens with zero attached hydrogens (tertiary/aromatic N) is 3. The molecule has 2 N–H and O–H groups in total. The zero-order valence-corrected chi connectivity index (χ0v) is 12.5. The molecule has 0 saturated carbocycles. The van der Waals surface area contributed by atoms with Crippen LogP contribution in [0.3, 0.4) is 0 Å². The smallest absolute Gasteiger partial charge is 0.223 e. The SMILES string of the molecule is Cc1ccc(N(C)c2nc(N)nc3sc(C)cc23)cc1. The second-order valence-electron chi connectivity index (χ2n) is 4.88. The van der Waals surface area contributed by atoms with E-state index in [-0.39, 0.29) is 0 Å². The number of aromatic nitrogens is 2. The summed E-state index contributed by atoms with van der Waals surface area (Å²) in [6.07, 6.45) is 0. The van der Waals surface area contributed by atoms with Crippen molar-refractivity contribution in [3.8, 4) is 0 Å². The van der Waals surface area contributed by atoms with E-state index < -0.39 is 0 Å². The molecule has 2 heterocycles. The lowest BCUT2D eigenvalue weighted by atomic mass is 10.2. The van der Waals surface area contributed by atoms with E-state index in [1.54, 1.807) is 11.3 Å². The molecule has 0 fully saturated rings. The van der Waals surface area contributed by atoms with Crippen LogP contribution in [0.4, 0.5) is 17.5 Å². The van der Waals surface area contributed by atoms with Gasteiger partial charge in [0, 0.05) is 17.6 Å². The molecule has 5 heteroatoms. The first kappa shape index (κ1) is 12.9. The Balaban J connectivity index is 2.15. The molecule has 102 valence electrons. The van der Waals surface area contributed by atoms with Crippen molar-refractivity contribution in [1.82, 2.24) is 9.97 Å². The van der Waals surface area contributed by atoms with E-state index in [1.807, 2.05) is 11.9 Å². The van der Waals surface area contributed by atoms with Crippen LogP contribution < -0.4 is 10.6 Å². The number of hydrogen-bond donors (Lipinski definition) is 1. The molecule has 0 saturated heterocycles. The van der Waals surface area contributed by atoms with Crippen LogP contribution >= 0.6 is 11.3 Å². The van der Waals surface area contributed by atoms with E-state index >= 15 is 0 Å². The van der Waals surface area contributed by atoms with Gasteiger partial charge in [-0.2, -0.15) is 4.98 Å². The quantitative estimate of drug-likeness (QED) is 0.780. The van der Waals surface area contributed by atoms with E-state index in [0.29, 0.717) is 5.95 Å². The zero-order chi connectivity index (χ0) is 14.3. The van der Waals surface area contributed by atoms with Crippen LogP contribution in [0.15, 0.2) is 30.3 Å². The largest absolute Gasteiger partial charge is 0.368 e. The minimum atomic E-state index is 0.313. The maximum Gasteiger partial charge on any atom is 0.223 e. The third-order valence-electron chi connectivity index (χ3n) is 3.25. The van der Waals surface area contributed by atoms with Crippen molar-refractivity contribution >= 4 is 39.0 Å². The summed E-state index contributed by atoms with van der Waals surface area (Å²) in [6.45, 7) is 4.14. The lowest BCUT2D eigenvalue weighted by molar-refractivity contribution is 1.12. The minimum Gasteiger partial charge on any atom is -0.368 e. The van der Waals surface area contributed by atoms with E-state index in [2.05, 4.69) is 54.1 Å². The molecule has 3 aromatic rings. The van der Waals surface area contributed by atoms with E-state index in [9.17, 15) is 0 Å². The fourth-order valence-corrected chi connectivity index (χ4v) is 3.07. The summed E-state index contributed by atoms with van der Waals surface area (Å²) in [5.41, 5.74) is 8.15. The summed E-state index contributed by atoms with van der Waals surface area (Å²) in [7, 11) is 2.00. The number of nitrogen functional groups attached to an aromatic ring is 1. The van der Waals surface area contributed by atoms with Crippen molar-refractivity contribution in [3.63, 3.8) is 0 Å². The molecule has 1 aromatic carbocycles. The number of nitrogens with two attached hydrogens (primary N) is 1. The Labute approximate surface area is 121 Å². The van der Waals surface area contributed by atoms with Gasteiger partial charge >= 0.3 is 0 Å². The highest BCUT2D eigenvalue weighted by atomic mass is 32.1. The number of thiophene rings is 1. The molecule has 4 nitrogen and oxygen atoms in total. The molecule has 0 aliphatic rings. The fourth-order valence-electron chi connectivity index (χ4n) is 2.19. The van der Waals surface area contributed by atoms with Gasteiger partial charge in [-0.3, -0.25) is 0 Å². The average molecular weight is 284 g/mol. The minimum absolute atomic E-state index is 0.313. The average Bonchev–Trinajstić information content (AvgIpc) is 2.78. The van der Waals surface area contributed by atoms with Gasteiger partial charge in [-0.1, -0.05) is 17.7 Å². The topological polar surface area (TPSA) is 55.0 Å². The van der Waals surface area contributed by atoms with Crippen molar-refractivity contribution in [1.29, 1.82) is 0 Å². The molecule has 0 amide bonds. The Kier molecular flexibility index (Phi) is 3.06. The standard InChI is InChI=1S/C15H16N4S/c1-9-4-6-11(7-5-9)19(3)13-12-8-10(2)20-14(12)18-15(16)17-13/h4-8H,1-3H3,(H2,16,17,18). The predicted octanol–water partition coefficient (Wildman–Crippen LogP) is 3.66. The molecular formula is C15H16N4S. The highest BCUT2D eigenvalue weighted by molar-refractivity contribution is 7.18. The third kappa shape index (κ3) is 2.20. The van der Waals surface area contributed by atoms with Gasteiger partial charge in [-0.25, -0.2) is 4.98 Å². The molecule has 3 rings (SSSR count). The van der Waals surface area contributed by atoms with Crippen molar-refractivity contribution in [2.45, 2.75) is 13.8 Å². The maximum atomic E-state index is 5.83. The molecule has 0 atom stereocenters. The Bertz CT molecular complexity index is 761. The second-order valence-corrected chi connectivity index (χ2v) is 6.11. The van der Waals surface area contributed by atoms with Crippen molar-refractivity contribution in [2.24, 2.45) is 0 Å². The monoisotopic (exact) mass is 284 g/mol. The molecule has 0 radical (unpaired) electrons. The van der Waals surface area contributed by atoms with Crippen LogP contribution in [0.25, 0.3) is 10.2 Å². The predicted molar refractivity (Wildman–Crippen MR) is 85.8 cm³/mol. The van der Waals surface area contributed by atoms with E-state index in [1.165, 1.54) is 10.4 Å². The first-order valence-corrected chi connectivity index (χ1v) is 7.20. The third-order valence-corrected chi connectivity index (χ3v) is 4.20. The highest BCUT2D eigenvalue weighted by Crippen LogP contribution is 2.33. The van der Waals surface area contributed by atoms with Gasteiger partial charge in [0.2, 0.25) is 5.95 Å². The number of benzene rings is 1. The number of anilines is 3. The van der Waals surface area contributed by atoms with Gasteiger partial charge in [0.25, 0.3) is 0 Å². The Hall–Kier alpha value is -2.14. The highest BCUT2D eigenvalue weighted by Gasteiger charge is 2.14. The summed E-state index contributed by atoms with van der Waals surface area (Å²) >= 11 is 1.64. The lowest BCUT2D eigenvalue weighted by Gasteiger charge is -2.19. The first-order chi connectivity index (χ1) is 9.54. The fraction of sp³-hybridized carbons (Fsp3) is 0.200. The molecule has 20 heavy (non-hydrogen) atoms. The molecule has 0 bridgehead atoms. The number of hydrogen-bond acceptors (Lipinski definition) is 5. The van der Waals surface area contributed by atoms with Crippen molar-refractivity contribution < 1.29 is 0 Å². The van der Waals surface area contributed by atoms with Crippen LogP contribution in [-0.4, -0.2) is 17.0 Å². The van der Waals surface area contributed by atoms with Gasteiger partial charge in [0.1, 0.15) is 10.6 Å². The molecule has 0 unspecified atom stereocenters. The van der Waals surface area contributed by atoms with Crippen molar-refractivity contribution in [2.75, 3.05) is 17.7 Å². The van der Waals surface area contributed by atoms with Crippen LogP contribution in [0.2, 0.25) is 0 Å². The number of aryl methyl sites for hydroxylation is 2. The number of fused-ring (bicyclic) bond motifs is 1.